The fraction of sp³-hybridized carbons (Fsp3) is 0. The van der Waals surface area contributed by atoms with E-state index in [-0.39, 0.29) is 0 Å². The van der Waals surface area contributed by atoms with Crippen LogP contribution in [0.4, 0.5) is 0 Å². The lowest BCUT2D eigenvalue weighted by molar-refractivity contribution is 0.673. The van der Waals surface area contributed by atoms with E-state index in [0.29, 0.717) is 17.5 Å². The molecule has 0 aliphatic carbocycles. The van der Waals surface area contributed by atoms with Gasteiger partial charge in [0.05, 0.1) is 0 Å². The van der Waals surface area contributed by atoms with Gasteiger partial charge < -0.3 is 4.42 Å². The van der Waals surface area contributed by atoms with Crippen LogP contribution in [0.25, 0.3) is 78.0 Å². The molecule has 0 saturated heterocycles. The molecule has 4 nitrogen and oxygen atoms in total. The Morgan fingerprint density at radius 2 is 0.685 bits per heavy atom. The van der Waals surface area contributed by atoms with Crippen molar-refractivity contribution in [2.75, 3.05) is 0 Å². The summed E-state index contributed by atoms with van der Waals surface area (Å²) < 4.78 is 7.40. The predicted molar refractivity (Wildman–Crippen MR) is 273 cm³/mol. The van der Waals surface area contributed by atoms with Crippen molar-refractivity contribution in [1.82, 2.24) is 15.0 Å². The van der Waals surface area contributed by atoms with Gasteiger partial charge in [0.2, 0.25) is 0 Å². The molecule has 54 heavy (non-hydrogen) atoms. The topological polar surface area (TPSA) is 51.8 Å². The zero-order valence-corrected chi connectivity index (χ0v) is 34.0. The lowest BCUT2D eigenvalue weighted by atomic mass is 9.58. The minimum absolute atomic E-state index is 0.647. The van der Waals surface area contributed by atoms with Crippen molar-refractivity contribution in [3.05, 3.63) is 60.7 Å². The molecule has 0 fully saturated rings. The summed E-state index contributed by atoms with van der Waals surface area (Å²) in [5.74, 6) is 1.94. The number of hydrogen-bond acceptors (Lipinski definition) is 4. The zero-order valence-electron chi connectivity index (χ0n) is 34.0. The van der Waals surface area contributed by atoms with Crippen LogP contribution in [-0.4, -0.2) is 117 Å². The van der Waals surface area contributed by atoms with Crippen molar-refractivity contribution in [2.24, 2.45) is 0 Å². The molecule has 0 bridgehead atoms. The van der Waals surface area contributed by atoms with E-state index in [1.165, 1.54) is 81.9 Å². The molecule has 0 aliphatic rings. The van der Waals surface area contributed by atoms with Crippen molar-refractivity contribution < 1.29 is 4.42 Å². The molecule has 0 spiro atoms. The fourth-order valence-corrected chi connectivity index (χ4v) is 8.91. The molecule has 0 unspecified atom stereocenters. The first-order valence-corrected chi connectivity index (χ1v) is 19.1. The van der Waals surface area contributed by atoms with E-state index in [9.17, 15) is 0 Å². The third kappa shape index (κ3) is 5.21. The molecule has 0 aliphatic heterocycles. The van der Waals surface area contributed by atoms with Crippen molar-refractivity contribution in [3.8, 4) is 45.3 Å². The van der Waals surface area contributed by atoms with Crippen LogP contribution in [-0.2, 0) is 0 Å². The molecule has 6 aromatic carbocycles. The average molecular weight is 679 g/mol. The molecular formula is C37H36B13N3O. The van der Waals surface area contributed by atoms with Crippen LogP contribution < -0.4 is 71.0 Å². The van der Waals surface area contributed by atoms with Gasteiger partial charge in [-0.05, 0) is 16.3 Å². The maximum Gasteiger partial charge on any atom is 0.164 e. The second kappa shape index (κ2) is 13.2. The van der Waals surface area contributed by atoms with Crippen LogP contribution in [0, 0.1) is 0 Å². The monoisotopic (exact) mass is 681 g/mol. The van der Waals surface area contributed by atoms with E-state index in [1.54, 1.807) is 0 Å². The molecule has 8 aromatic rings. The highest BCUT2D eigenvalue weighted by molar-refractivity contribution is 6.72. The van der Waals surface area contributed by atoms with E-state index < -0.39 is 0 Å². The Hall–Kier alpha value is -4.77. The van der Waals surface area contributed by atoms with Gasteiger partial charge in [-0.3, -0.25) is 0 Å². The van der Waals surface area contributed by atoms with E-state index >= 15 is 0 Å². The molecule has 0 radical (unpaired) electrons. The first-order valence-electron chi connectivity index (χ1n) is 19.1. The van der Waals surface area contributed by atoms with Crippen LogP contribution in [0.1, 0.15) is 0 Å². The van der Waals surface area contributed by atoms with Gasteiger partial charge in [-0.15, -0.1) is 27.3 Å². The lowest BCUT2D eigenvalue weighted by Crippen LogP contribution is -2.55. The Morgan fingerprint density at radius 1 is 0.296 bits per heavy atom. The fourth-order valence-electron chi connectivity index (χ4n) is 8.91. The standard InChI is InChI=1S/C37H36B13N3O/c38-20-13-14-15-19(37-52-35(11-7-3-1-4-8-11)51-36(53-37)12-9-5-2-6-10-12)26(44)25(43)18(17-22(40)29(47)31(49)30(48)23(17)41)33(15)54-34(14)32(50)24(42)16(13)21(39)28(46)27(20)45/h1-10H,38-50H2. The smallest absolute Gasteiger partial charge is 0.164 e. The molecule has 0 N–H and O–H groups in total. The predicted octanol–water partition coefficient (Wildman–Crippen LogP) is -13.0. The van der Waals surface area contributed by atoms with Gasteiger partial charge in [0.1, 0.15) is 113 Å². The van der Waals surface area contributed by atoms with Gasteiger partial charge in [0, 0.05) is 33.0 Å². The Morgan fingerprint density at radius 3 is 1.20 bits per heavy atom. The van der Waals surface area contributed by atoms with Gasteiger partial charge >= 0.3 is 0 Å². The first kappa shape index (κ1) is 36.2. The summed E-state index contributed by atoms with van der Waals surface area (Å²) in [5.41, 5.74) is 23.8. The summed E-state index contributed by atoms with van der Waals surface area (Å²) in [6.07, 6.45) is 0. The average Bonchev–Trinajstić information content (AvgIpc) is 3.57. The third-order valence-electron chi connectivity index (χ3n) is 13.1. The highest BCUT2D eigenvalue weighted by Gasteiger charge is 2.29. The SMILES string of the molecule is Bc1c(B)c(B)c(-c2c(B)c(B)c(-c3nc(-c4ccccc4)nc(-c4ccccc4)n3)c3c2oc2c(B)c(B)c4c(B)c(B)c(B)c(B)c4c23)c(B)c1B. The number of nitrogens with zero attached hydrogens (tertiary/aromatic N) is 3. The van der Waals surface area contributed by atoms with Crippen LogP contribution >= 0.6 is 0 Å². The van der Waals surface area contributed by atoms with Crippen LogP contribution in [0.3, 0.4) is 0 Å². The van der Waals surface area contributed by atoms with Gasteiger partial charge in [0.25, 0.3) is 0 Å². The summed E-state index contributed by atoms with van der Waals surface area (Å²) >= 11 is 0. The summed E-state index contributed by atoms with van der Waals surface area (Å²) in [7, 11) is 29.4. The first-order chi connectivity index (χ1) is 25.7. The highest BCUT2D eigenvalue weighted by Crippen LogP contribution is 2.40. The van der Waals surface area contributed by atoms with Crippen LogP contribution in [0.15, 0.2) is 65.1 Å². The van der Waals surface area contributed by atoms with Gasteiger partial charge in [-0.1, -0.05) is 104 Å². The van der Waals surface area contributed by atoms with Crippen LogP contribution in [0.2, 0.25) is 0 Å². The number of benzene rings is 6. The summed E-state index contributed by atoms with van der Waals surface area (Å²) in [5, 5.41) is 4.79. The van der Waals surface area contributed by atoms with Crippen molar-refractivity contribution in [2.45, 2.75) is 0 Å². The van der Waals surface area contributed by atoms with Crippen LogP contribution in [0.5, 0.6) is 0 Å². The highest BCUT2D eigenvalue weighted by atomic mass is 16.3. The Bertz CT molecular complexity index is 2830. The van der Waals surface area contributed by atoms with Gasteiger partial charge in [-0.2, -0.15) is 0 Å². The quantitative estimate of drug-likeness (QED) is 0.174. The second-order valence-corrected chi connectivity index (χ2v) is 15.5. The van der Waals surface area contributed by atoms with Crippen molar-refractivity contribution >= 4 is 206 Å². The number of aromatic nitrogens is 3. The van der Waals surface area contributed by atoms with Gasteiger partial charge in [0.15, 0.2) is 17.5 Å². The molecule has 0 atom stereocenters. The molecule has 2 heterocycles. The maximum atomic E-state index is 7.40. The Kier molecular flexibility index (Phi) is 8.87. The Labute approximate surface area is 329 Å². The Balaban J connectivity index is 1.66. The molecule has 0 amide bonds. The molecule has 8 rings (SSSR count). The second-order valence-electron chi connectivity index (χ2n) is 15.5. The largest absolute Gasteiger partial charge is 0.456 e. The summed E-state index contributed by atoms with van der Waals surface area (Å²) in [6.45, 7) is 0. The molecule has 17 heteroatoms. The van der Waals surface area contributed by atoms with E-state index in [2.05, 4.69) is 126 Å². The number of rotatable bonds is 4. The van der Waals surface area contributed by atoms with E-state index in [0.717, 1.165) is 49.7 Å². The lowest BCUT2D eigenvalue weighted by Gasteiger charge is -2.24. The molecule has 244 valence electrons. The molecule has 2 aromatic heterocycles. The summed E-state index contributed by atoms with van der Waals surface area (Å²) in [6, 6.07) is 20.5. The molecular weight excluding hydrogens is 643 g/mol. The number of fused-ring (bicyclic) bond motifs is 5. The number of hydrogen-bond donors (Lipinski definition) is 0. The van der Waals surface area contributed by atoms with Gasteiger partial charge in [-0.25, -0.2) is 15.0 Å². The van der Waals surface area contributed by atoms with Crippen molar-refractivity contribution in [3.63, 3.8) is 0 Å². The minimum Gasteiger partial charge on any atom is -0.456 e. The van der Waals surface area contributed by atoms with Crippen molar-refractivity contribution in [1.29, 1.82) is 0 Å². The zero-order chi connectivity index (χ0) is 38.5. The summed E-state index contributed by atoms with van der Waals surface area (Å²) in [4.78, 5) is 15.8. The minimum atomic E-state index is 0.647. The third-order valence-corrected chi connectivity index (χ3v) is 13.1. The van der Waals surface area contributed by atoms with E-state index in [1.807, 2.05) is 36.4 Å². The molecule has 0 saturated carbocycles. The number of furan rings is 1. The van der Waals surface area contributed by atoms with E-state index in [4.69, 9.17) is 19.4 Å². The normalized spacial score (nSPS) is 11.6. The maximum absolute atomic E-state index is 7.40.